The minimum absolute atomic E-state index is 0.000563. The number of piperazine rings is 1. The van der Waals surface area contributed by atoms with Crippen molar-refractivity contribution in [3.8, 4) is 6.07 Å². The molecule has 0 saturated carbocycles. The van der Waals surface area contributed by atoms with Gasteiger partial charge in [-0.05, 0) is 51.6 Å². The van der Waals surface area contributed by atoms with Gasteiger partial charge in [-0.1, -0.05) is 30.3 Å². The molecule has 2 aliphatic rings. The Labute approximate surface area is 251 Å². The molecule has 0 radical (unpaired) electrons. The molecule has 0 aliphatic carbocycles. The van der Waals surface area contributed by atoms with Crippen LogP contribution in [-0.4, -0.2) is 75.9 Å². The second-order valence-electron chi connectivity index (χ2n) is 11.3. The lowest BCUT2D eigenvalue weighted by Gasteiger charge is -2.38. The second kappa shape index (κ2) is 12.6. The van der Waals surface area contributed by atoms with E-state index in [-0.39, 0.29) is 33.9 Å². The SMILES string of the molecule is COC(=O)C1=C(C(=O)OC)N(c2cc(N3CCN(C)CC3)ccc2C(=O)OC(C)(C)C)C(N)=C(C#N)C1c1ccccc1. The van der Waals surface area contributed by atoms with E-state index in [9.17, 15) is 19.6 Å². The van der Waals surface area contributed by atoms with Gasteiger partial charge in [-0.15, -0.1) is 0 Å². The summed E-state index contributed by atoms with van der Waals surface area (Å²) < 4.78 is 16.0. The number of likely N-dealkylation sites (N-methyl/N-ethyl adjacent to an activating group) is 1. The molecule has 2 aromatic carbocycles. The van der Waals surface area contributed by atoms with Crippen molar-refractivity contribution in [1.29, 1.82) is 5.26 Å². The Morgan fingerprint density at radius 2 is 1.56 bits per heavy atom. The molecule has 226 valence electrons. The second-order valence-corrected chi connectivity index (χ2v) is 11.3. The molecular weight excluding hydrogens is 550 g/mol. The standard InChI is InChI=1S/C32H37N5O6/c1-32(2,3)43-29(38)22-13-12-21(36-16-14-35(4)15-17-36)18-24(22)37-27(31(40)42-6)26(30(39)41-5)25(23(19-33)28(37)34)20-10-8-7-9-11-20/h7-13,18,25H,14-17,34H2,1-6H3. The number of hydrogen-bond acceptors (Lipinski definition) is 11. The highest BCUT2D eigenvalue weighted by Crippen LogP contribution is 2.45. The zero-order chi connectivity index (χ0) is 31.5. The summed E-state index contributed by atoms with van der Waals surface area (Å²) in [6, 6.07) is 16.0. The van der Waals surface area contributed by atoms with E-state index < -0.39 is 29.4 Å². The van der Waals surface area contributed by atoms with Gasteiger partial charge in [0, 0.05) is 31.9 Å². The summed E-state index contributed by atoms with van der Waals surface area (Å²) in [5.74, 6) is -3.60. The fourth-order valence-corrected chi connectivity index (χ4v) is 5.24. The Bertz CT molecular complexity index is 1510. The minimum Gasteiger partial charge on any atom is -0.466 e. The Kier molecular flexibility index (Phi) is 9.11. The van der Waals surface area contributed by atoms with Crippen LogP contribution in [0.1, 0.15) is 42.6 Å². The first kappa shape index (κ1) is 31.1. The van der Waals surface area contributed by atoms with Gasteiger partial charge in [0.05, 0.1) is 48.6 Å². The molecule has 2 heterocycles. The summed E-state index contributed by atoms with van der Waals surface area (Å²) in [4.78, 5) is 46.3. The highest BCUT2D eigenvalue weighted by molar-refractivity contribution is 6.08. The van der Waals surface area contributed by atoms with E-state index in [1.165, 1.54) is 19.1 Å². The molecule has 2 aromatic rings. The van der Waals surface area contributed by atoms with Gasteiger partial charge in [0.15, 0.2) is 0 Å². The fourth-order valence-electron chi connectivity index (χ4n) is 5.24. The quantitative estimate of drug-likeness (QED) is 0.393. The summed E-state index contributed by atoms with van der Waals surface area (Å²) in [5.41, 5.74) is 7.04. The van der Waals surface area contributed by atoms with Crippen molar-refractivity contribution in [3.05, 3.63) is 82.3 Å². The lowest BCUT2D eigenvalue weighted by Crippen LogP contribution is -2.45. The number of nitrogens with two attached hydrogens (primary N) is 1. The maximum absolute atomic E-state index is 13.6. The summed E-state index contributed by atoms with van der Waals surface area (Å²) in [6.07, 6.45) is 0. The minimum atomic E-state index is -1.03. The van der Waals surface area contributed by atoms with Crippen LogP contribution in [0.3, 0.4) is 0 Å². The third-order valence-corrected chi connectivity index (χ3v) is 7.32. The van der Waals surface area contributed by atoms with Crippen LogP contribution < -0.4 is 15.5 Å². The number of benzene rings is 2. The molecule has 0 aromatic heterocycles. The summed E-state index contributed by atoms with van der Waals surface area (Å²) in [5, 5.41) is 10.4. The normalized spacial score (nSPS) is 17.8. The van der Waals surface area contributed by atoms with Crippen LogP contribution in [-0.2, 0) is 23.8 Å². The summed E-state index contributed by atoms with van der Waals surface area (Å²) in [7, 11) is 4.40. The van der Waals surface area contributed by atoms with Crippen molar-refractivity contribution in [2.75, 3.05) is 57.2 Å². The number of nitriles is 1. The topological polar surface area (TPSA) is 138 Å². The van der Waals surface area contributed by atoms with Gasteiger partial charge in [0.1, 0.15) is 17.1 Å². The van der Waals surface area contributed by atoms with Crippen LogP contribution in [0.2, 0.25) is 0 Å². The molecule has 1 unspecified atom stereocenters. The molecule has 0 spiro atoms. The predicted octanol–water partition coefficient (Wildman–Crippen LogP) is 3.29. The zero-order valence-electron chi connectivity index (χ0n) is 25.3. The van der Waals surface area contributed by atoms with Gasteiger partial charge >= 0.3 is 17.9 Å². The van der Waals surface area contributed by atoms with Crippen molar-refractivity contribution < 1.29 is 28.6 Å². The number of anilines is 2. The third kappa shape index (κ3) is 6.34. The van der Waals surface area contributed by atoms with Gasteiger partial charge in [0.2, 0.25) is 0 Å². The van der Waals surface area contributed by atoms with Gasteiger partial charge in [0.25, 0.3) is 0 Å². The average Bonchev–Trinajstić information content (AvgIpc) is 2.99. The molecular formula is C32H37N5O6. The number of rotatable bonds is 6. The first-order valence-electron chi connectivity index (χ1n) is 13.9. The van der Waals surface area contributed by atoms with E-state index in [0.29, 0.717) is 5.56 Å². The Morgan fingerprint density at radius 3 is 2.12 bits per heavy atom. The van der Waals surface area contributed by atoms with Crippen molar-refractivity contribution >= 4 is 29.3 Å². The highest BCUT2D eigenvalue weighted by atomic mass is 16.6. The largest absolute Gasteiger partial charge is 0.466 e. The summed E-state index contributed by atoms with van der Waals surface area (Å²) >= 11 is 0. The van der Waals surface area contributed by atoms with Gasteiger partial charge in [-0.2, -0.15) is 5.26 Å². The number of carbonyl (C=O) groups is 3. The first-order valence-corrected chi connectivity index (χ1v) is 13.9. The number of esters is 3. The maximum Gasteiger partial charge on any atom is 0.355 e. The monoisotopic (exact) mass is 587 g/mol. The van der Waals surface area contributed by atoms with Crippen LogP contribution in [0.25, 0.3) is 0 Å². The number of ether oxygens (including phenoxy) is 3. The van der Waals surface area contributed by atoms with Crippen LogP contribution in [0.4, 0.5) is 11.4 Å². The number of nitrogens with zero attached hydrogens (tertiary/aromatic N) is 4. The van der Waals surface area contributed by atoms with Crippen molar-refractivity contribution in [2.45, 2.75) is 32.3 Å². The lowest BCUT2D eigenvalue weighted by molar-refractivity contribution is -0.139. The molecule has 11 heteroatoms. The van der Waals surface area contributed by atoms with Crippen LogP contribution in [0, 0.1) is 11.3 Å². The molecule has 0 bridgehead atoms. The Hall–Kier alpha value is -4.82. The van der Waals surface area contributed by atoms with E-state index in [2.05, 4.69) is 15.9 Å². The molecule has 1 saturated heterocycles. The molecule has 2 aliphatic heterocycles. The fraction of sp³-hybridized carbons (Fsp3) is 0.375. The van der Waals surface area contributed by atoms with Crippen LogP contribution >= 0.6 is 0 Å². The lowest BCUT2D eigenvalue weighted by atomic mass is 9.80. The van der Waals surface area contributed by atoms with E-state index >= 15 is 0 Å². The Balaban J connectivity index is 2.06. The van der Waals surface area contributed by atoms with E-state index in [4.69, 9.17) is 19.9 Å². The number of carbonyl (C=O) groups excluding carboxylic acids is 3. The molecule has 1 atom stereocenters. The number of hydrogen-bond donors (Lipinski definition) is 1. The smallest absolute Gasteiger partial charge is 0.355 e. The number of allylic oxidation sites excluding steroid dienone is 1. The molecule has 2 N–H and O–H groups in total. The molecule has 1 fully saturated rings. The first-order chi connectivity index (χ1) is 20.4. The highest BCUT2D eigenvalue weighted by Gasteiger charge is 2.44. The molecule has 11 nitrogen and oxygen atoms in total. The van der Waals surface area contributed by atoms with Gasteiger partial charge < -0.3 is 29.7 Å². The van der Waals surface area contributed by atoms with E-state index in [1.54, 1.807) is 69.3 Å². The molecule has 0 amide bonds. The third-order valence-electron chi connectivity index (χ3n) is 7.32. The molecule has 43 heavy (non-hydrogen) atoms. The van der Waals surface area contributed by atoms with Gasteiger partial charge in [-0.25, -0.2) is 14.4 Å². The van der Waals surface area contributed by atoms with Crippen LogP contribution in [0.5, 0.6) is 0 Å². The van der Waals surface area contributed by atoms with E-state index in [0.717, 1.165) is 31.9 Å². The summed E-state index contributed by atoms with van der Waals surface area (Å²) in [6.45, 7) is 8.32. The number of methoxy groups -OCH3 is 2. The van der Waals surface area contributed by atoms with Gasteiger partial charge in [-0.3, -0.25) is 4.90 Å². The van der Waals surface area contributed by atoms with Crippen molar-refractivity contribution in [1.82, 2.24) is 4.90 Å². The van der Waals surface area contributed by atoms with Crippen molar-refractivity contribution in [2.24, 2.45) is 5.73 Å². The molecule has 4 rings (SSSR count). The van der Waals surface area contributed by atoms with Crippen molar-refractivity contribution in [3.63, 3.8) is 0 Å². The Morgan fingerprint density at radius 1 is 0.930 bits per heavy atom. The van der Waals surface area contributed by atoms with Crippen LogP contribution in [0.15, 0.2) is 71.2 Å². The zero-order valence-corrected chi connectivity index (χ0v) is 25.3. The maximum atomic E-state index is 13.6. The predicted molar refractivity (Wildman–Crippen MR) is 161 cm³/mol. The van der Waals surface area contributed by atoms with E-state index in [1.807, 2.05) is 7.05 Å². The average molecular weight is 588 g/mol.